The fourth-order valence-electron chi connectivity index (χ4n) is 2.07. The molecule has 1 unspecified atom stereocenters. The number of nitrogens with zero attached hydrogens (tertiary/aromatic N) is 1. The van der Waals surface area contributed by atoms with Crippen molar-refractivity contribution in [1.82, 2.24) is 10.2 Å². The van der Waals surface area contributed by atoms with Gasteiger partial charge in [-0.15, -0.1) is 6.42 Å². The lowest BCUT2D eigenvalue weighted by Gasteiger charge is -2.37. The summed E-state index contributed by atoms with van der Waals surface area (Å²) in [6, 6.07) is 11.3. The molecule has 1 heterocycles. The lowest BCUT2D eigenvalue weighted by Crippen LogP contribution is -2.54. The molecule has 84 valence electrons. The molecule has 2 atom stereocenters. The minimum absolute atomic E-state index is 0.194. The van der Waals surface area contributed by atoms with E-state index in [1.807, 2.05) is 0 Å². The molecular weight excluding hydrogens is 196 g/mol. The summed E-state index contributed by atoms with van der Waals surface area (Å²) in [5.41, 5.74) is 1.35. The van der Waals surface area contributed by atoms with Gasteiger partial charge in [0.2, 0.25) is 0 Å². The summed E-state index contributed by atoms with van der Waals surface area (Å²) in [7, 11) is 0. The Labute approximate surface area is 97.7 Å². The molecule has 2 nitrogen and oxygen atoms in total. The van der Waals surface area contributed by atoms with Crippen molar-refractivity contribution in [1.29, 1.82) is 0 Å². The van der Waals surface area contributed by atoms with Gasteiger partial charge in [0.25, 0.3) is 0 Å². The topological polar surface area (TPSA) is 15.3 Å². The second-order valence-electron chi connectivity index (χ2n) is 4.39. The van der Waals surface area contributed by atoms with E-state index in [4.69, 9.17) is 6.42 Å². The van der Waals surface area contributed by atoms with E-state index in [2.05, 4.69) is 53.4 Å². The molecule has 0 radical (unpaired) electrons. The van der Waals surface area contributed by atoms with Crippen LogP contribution in [0.15, 0.2) is 30.3 Å². The van der Waals surface area contributed by atoms with E-state index in [1.165, 1.54) is 5.56 Å². The Hall–Kier alpha value is -1.30. The van der Waals surface area contributed by atoms with Crippen molar-refractivity contribution in [3.8, 4) is 12.3 Å². The second-order valence-corrected chi connectivity index (χ2v) is 4.39. The van der Waals surface area contributed by atoms with Crippen LogP contribution in [0.3, 0.4) is 0 Å². The van der Waals surface area contributed by atoms with Gasteiger partial charge < -0.3 is 5.32 Å². The summed E-state index contributed by atoms with van der Waals surface area (Å²) >= 11 is 0. The largest absolute Gasteiger partial charge is 0.301 e. The number of nitrogens with one attached hydrogen (secondary N) is 1. The molecule has 0 spiro atoms. The van der Waals surface area contributed by atoms with Crippen LogP contribution < -0.4 is 5.32 Å². The van der Waals surface area contributed by atoms with Crippen LogP contribution in [-0.2, 0) is 6.54 Å². The number of terminal acetylenes is 1. The maximum Gasteiger partial charge on any atom is 0.0816 e. The van der Waals surface area contributed by atoms with E-state index in [0.29, 0.717) is 6.04 Å². The van der Waals surface area contributed by atoms with Crippen LogP contribution in [-0.4, -0.2) is 30.1 Å². The Balaban J connectivity index is 2.00. The Kier molecular flexibility index (Phi) is 3.61. The molecule has 1 fully saturated rings. The fraction of sp³-hybridized carbons (Fsp3) is 0.429. The zero-order valence-electron chi connectivity index (χ0n) is 9.69. The molecule has 1 aliphatic heterocycles. The average molecular weight is 214 g/mol. The van der Waals surface area contributed by atoms with Gasteiger partial charge in [-0.1, -0.05) is 36.3 Å². The molecule has 2 rings (SSSR count). The van der Waals surface area contributed by atoms with Crippen LogP contribution in [0, 0.1) is 12.3 Å². The average Bonchev–Trinajstić information content (AvgIpc) is 2.33. The van der Waals surface area contributed by atoms with E-state index in [-0.39, 0.29) is 6.04 Å². The lowest BCUT2D eigenvalue weighted by molar-refractivity contribution is 0.149. The van der Waals surface area contributed by atoms with Crippen molar-refractivity contribution in [3.05, 3.63) is 35.9 Å². The highest BCUT2D eigenvalue weighted by Gasteiger charge is 2.23. The molecule has 0 bridgehead atoms. The predicted molar refractivity (Wildman–Crippen MR) is 66.9 cm³/mol. The first-order chi connectivity index (χ1) is 7.79. The van der Waals surface area contributed by atoms with E-state index in [0.717, 1.165) is 19.6 Å². The molecule has 0 saturated carbocycles. The summed E-state index contributed by atoms with van der Waals surface area (Å²) in [6.45, 7) is 5.14. The van der Waals surface area contributed by atoms with Crippen molar-refractivity contribution < 1.29 is 0 Å². The third kappa shape index (κ3) is 2.63. The second kappa shape index (κ2) is 5.16. The first-order valence-electron chi connectivity index (χ1n) is 5.77. The maximum atomic E-state index is 5.47. The van der Waals surface area contributed by atoms with Gasteiger partial charge >= 0.3 is 0 Å². The van der Waals surface area contributed by atoms with Crippen molar-refractivity contribution in [2.45, 2.75) is 25.6 Å². The lowest BCUT2D eigenvalue weighted by atomic mass is 10.1. The van der Waals surface area contributed by atoms with Crippen LogP contribution in [0.4, 0.5) is 0 Å². The Morgan fingerprint density at radius 3 is 2.88 bits per heavy atom. The van der Waals surface area contributed by atoms with Crippen molar-refractivity contribution in [3.63, 3.8) is 0 Å². The third-order valence-corrected chi connectivity index (χ3v) is 3.13. The number of benzene rings is 1. The highest BCUT2D eigenvalue weighted by molar-refractivity contribution is 5.15. The number of piperazine rings is 1. The fourth-order valence-corrected chi connectivity index (χ4v) is 2.07. The summed E-state index contributed by atoms with van der Waals surface area (Å²) in [4.78, 5) is 2.44. The summed E-state index contributed by atoms with van der Waals surface area (Å²) in [5.74, 6) is 2.79. The minimum Gasteiger partial charge on any atom is -0.301 e. The normalized spacial score (nSPS) is 26.2. The monoisotopic (exact) mass is 214 g/mol. The number of hydrogen-bond acceptors (Lipinski definition) is 2. The summed E-state index contributed by atoms with van der Waals surface area (Å²) in [5, 5.41) is 3.36. The summed E-state index contributed by atoms with van der Waals surface area (Å²) < 4.78 is 0. The van der Waals surface area contributed by atoms with Gasteiger partial charge in [-0.05, 0) is 12.5 Å². The van der Waals surface area contributed by atoms with Gasteiger partial charge in [-0.2, -0.15) is 0 Å². The van der Waals surface area contributed by atoms with Gasteiger partial charge in [0, 0.05) is 25.7 Å². The van der Waals surface area contributed by atoms with E-state index >= 15 is 0 Å². The minimum atomic E-state index is 0.194. The number of hydrogen-bond donors (Lipinski definition) is 1. The van der Waals surface area contributed by atoms with Gasteiger partial charge in [-0.25, -0.2) is 0 Å². The first-order valence-corrected chi connectivity index (χ1v) is 5.77. The van der Waals surface area contributed by atoms with E-state index in [9.17, 15) is 0 Å². The molecule has 2 heteroatoms. The smallest absolute Gasteiger partial charge is 0.0816 e. The van der Waals surface area contributed by atoms with Crippen molar-refractivity contribution in [2.24, 2.45) is 0 Å². The highest BCUT2D eigenvalue weighted by atomic mass is 15.2. The van der Waals surface area contributed by atoms with E-state index in [1.54, 1.807) is 0 Å². The molecule has 1 aliphatic rings. The number of rotatable bonds is 2. The Bertz CT molecular complexity index is 366. The zero-order chi connectivity index (χ0) is 11.4. The van der Waals surface area contributed by atoms with Crippen LogP contribution >= 0.6 is 0 Å². The summed E-state index contributed by atoms with van der Waals surface area (Å²) in [6.07, 6.45) is 5.47. The highest BCUT2D eigenvalue weighted by Crippen LogP contribution is 2.11. The zero-order valence-corrected chi connectivity index (χ0v) is 9.69. The van der Waals surface area contributed by atoms with Crippen LogP contribution in [0.5, 0.6) is 0 Å². The van der Waals surface area contributed by atoms with Crippen LogP contribution in [0.25, 0.3) is 0 Å². The Morgan fingerprint density at radius 2 is 2.19 bits per heavy atom. The molecule has 1 aromatic carbocycles. The van der Waals surface area contributed by atoms with Crippen molar-refractivity contribution in [2.75, 3.05) is 13.1 Å². The first kappa shape index (κ1) is 11.2. The molecule has 1 N–H and O–H groups in total. The van der Waals surface area contributed by atoms with Crippen molar-refractivity contribution >= 4 is 0 Å². The molecule has 1 saturated heterocycles. The molecule has 0 aliphatic carbocycles. The van der Waals surface area contributed by atoms with Gasteiger partial charge in [0.15, 0.2) is 0 Å². The van der Waals surface area contributed by atoms with Gasteiger partial charge in [-0.3, -0.25) is 4.90 Å². The Morgan fingerprint density at radius 1 is 1.44 bits per heavy atom. The van der Waals surface area contributed by atoms with Crippen LogP contribution in [0.1, 0.15) is 12.5 Å². The molecule has 16 heavy (non-hydrogen) atoms. The van der Waals surface area contributed by atoms with Crippen LogP contribution in [0.2, 0.25) is 0 Å². The SMILES string of the molecule is C#CC1CN(Cc2ccccc2)[C@@H](C)CN1. The molecule has 0 amide bonds. The molecular formula is C14H18N2. The predicted octanol–water partition coefficient (Wildman–Crippen LogP) is 1.48. The molecule has 0 aromatic heterocycles. The van der Waals surface area contributed by atoms with Gasteiger partial charge in [0.05, 0.1) is 6.04 Å². The van der Waals surface area contributed by atoms with Gasteiger partial charge in [0.1, 0.15) is 0 Å². The molecule has 1 aromatic rings. The third-order valence-electron chi connectivity index (χ3n) is 3.13. The quantitative estimate of drug-likeness (QED) is 0.750. The van der Waals surface area contributed by atoms with E-state index < -0.39 is 0 Å². The maximum absolute atomic E-state index is 5.47. The standard InChI is InChI=1S/C14H18N2/c1-3-14-11-16(12(2)9-15-14)10-13-7-5-4-6-8-13/h1,4-8,12,14-15H,9-11H2,2H3/t12-,14?/m0/s1.